The maximum absolute atomic E-state index is 12.6. The minimum Gasteiger partial charge on any atom is -0.492 e. The lowest BCUT2D eigenvalue weighted by Crippen LogP contribution is -2.34. The maximum Gasteiger partial charge on any atom is 0.223 e. The molecule has 1 aromatic rings. The number of hydrogen-bond acceptors (Lipinski definition) is 3. The average Bonchev–Trinajstić information content (AvgIpc) is 2.30. The van der Waals surface area contributed by atoms with Crippen molar-refractivity contribution in [2.24, 2.45) is 5.73 Å². The standard InChI is InChI=1S/C13H19FN2O2/c1-10(15)9-13(17)16(2)7-8-18-12-5-3-11(14)4-6-12/h3-6,10H,7-9,15H2,1-2H3. The van der Waals surface area contributed by atoms with Crippen LogP contribution >= 0.6 is 0 Å². The van der Waals surface area contributed by atoms with E-state index in [9.17, 15) is 9.18 Å². The maximum atomic E-state index is 12.6. The van der Waals surface area contributed by atoms with E-state index in [4.69, 9.17) is 10.5 Å². The Kier molecular flexibility index (Phi) is 5.58. The molecular formula is C13H19FN2O2. The number of hydrogen-bond donors (Lipinski definition) is 1. The molecule has 0 radical (unpaired) electrons. The minimum atomic E-state index is -0.299. The number of nitrogens with zero attached hydrogens (tertiary/aromatic N) is 1. The molecule has 0 aliphatic heterocycles. The number of likely N-dealkylation sites (N-methyl/N-ethyl adjacent to an activating group) is 1. The van der Waals surface area contributed by atoms with Crippen molar-refractivity contribution < 1.29 is 13.9 Å². The third-order valence-electron chi connectivity index (χ3n) is 2.43. The van der Waals surface area contributed by atoms with Crippen molar-refractivity contribution in [2.75, 3.05) is 20.2 Å². The molecule has 1 rings (SSSR count). The van der Waals surface area contributed by atoms with Crippen molar-refractivity contribution in [3.8, 4) is 5.75 Å². The number of halogens is 1. The molecule has 18 heavy (non-hydrogen) atoms. The Balaban J connectivity index is 2.28. The molecule has 100 valence electrons. The zero-order valence-electron chi connectivity index (χ0n) is 10.7. The van der Waals surface area contributed by atoms with E-state index in [1.54, 1.807) is 31.0 Å². The van der Waals surface area contributed by atoms with Crippen molar-refractivity contribution >= 4 is 5.91 Å². The number of carbonyl (C=O) groups is 1. The second-order valence-corrected chi connectivity index (χ2v) is 4.30. The fourth-order valence-corrected chi connectivity index (χ4v) is 1.39. The average molecular weight is 254 g/mol. The molecule has 1 aromatic carbocycles. The SMILES string of the molecule is CC(N)CC(=O)N(C)CCOc1ccc(F)cc1. The number of benzene rings is 1. The lowest BCUT2D eigenvalue weighted by Gasteiger charge is -2.18. The van der Waals surface area contributed by atoms with Crippen LogP contribution in [-0.4, -0.2) is 37.0 Å². The van der Waals surface area contributed by atoms with Crippen molar-refractivity contribution in [3.05, 3.63) is 30.1 Å². The lowest BCUT2D eigenvalue weighted by molar-refractivity contribution is -0.130. The molecule has 4 nitrogen and oxygen atoms in total. The normalized spacial score (nSPS) is 12.0. The van der Waals surface area contributed by atoms with Crippen LogP contribution in [0.1, 0.15) is 13.3 Å². The number of carbonyl (C=O) groups excluding carboxylic acids is 1. The van der Waals surface area contributed by atoms with E-state index < -0.39 is 0 Å². The molecule has 1 unspecified atom stereocenters. The second-order valence-electron chi connectivity index (χ2n) is 4.30. The van der Waals surface area contributed by atoms with Gasteiger partial charge in [-0.2, -0.15) is 0 Å². The van der Waals surface area contributed by atoms with E-state index in [1.807, 2.05) is 0 Å². The van der Waals surface area contributed by atoms with E-state index in [0.717, 1.165) is 0 Å². The fraction of sp³-hybridized carbons (Fsp3) is 0.462. The van der Waals surface area contributed by atoms with Crippen molar-refractivity contribution in [1.29, 1.82) is 0 Å². The summed E-state index contributed by atoms with van der Waals surface area (Å²) in [7, 11) is 1.71. The highest BCUT2D eigenvalue weighted by molar-refractivity contribution is 5.76. The molecule has 0 saturated carbocycles. The minimum absolute atomic E-state index is 0.00675. The van der Waals surface area contributed by atoms with Gasteiger partial charge in [0, 0.05) is 19.5 Å². The van der Waals surface area contributed by atoms with Crippen LogP contribution in [0.5, 0.6) is 5.75 Å². The number of amides is 1. The molecule has 2 N–H and O–H groups in total. The molecule has 1 atom stereocenters. The highest BCUT2D eigenvalue weighted by atomic mass is 19.1. The summed E-state index contributed by atoms with van der Waals surface area (Å²) in [4.78, 5) is 13.2. The number of nitrogens with two attached hydrogens (primary N) is 1. The highest BCUT2D eigenvalue weighted by Gasteiger charge is 2.10. The third-order valence-corrected chi connectivity index (χ3v) is 2.43. The number of rotatable bonds is 6. The Bertz CT molecular complexity index is 379. The fourth-order valence-electron chi connectivity index (χ4n) is 1.39. The molecule has 0 aromatic heterocycles. The van der Waals surface area contributed by atoms with Crippen molar-refractivity contribution in [2.45, 2.75) is 19.4 Å². The van der Waals surface area contributed by atoms with Crippen LogP contribution in [0.25, 0.3) is 0 Å². The van der Waals surface area contributed by atoms with Gasteiger partial charge in [0.05, 0.1) is 6.54 Å². The molecule has 0 aliphatic rings. The van der Waals surface area contributed by atoms with Crippen LogP contribution in [0.3, 0.4) is 0 Å². The Morgan fingerprint density at radius 2 is 2.06 bits per heavy atom. The first-order valence-electron chi connectivity index (χ1n) is 5.87. The monoisotopic (exact) mass is 254 g/mol. The summed E-state index contributed by atoms with van der Waals surface area (Å²) in [6.45, 7) is 2.64. The topological polar surface area (TPSA) is 55.6 Å². The van der Waals surface area contributed by atoms with Gasteiger partial charge in [0.15, 0.2) is 0 Å². The largest absolute Gasteiger partial charge is 0.492 e. The first-order chi connectivity index (χ1) is 8.49. The molecule has 0 bridgehead atoms. The summed E-state index contributed by atoms with van der Waals surface area (Å²) in [6.07, 6.45) is 0.326. The molecule has 0 spiro atoms. The van der Waals surface area contributed by atoms with Gasteiger partial charge in [-0.1, -0.05) is 0 Å². The van der Waals surface area contributed by atoms with Gasteiger partial charge in [0.25, 0.3) is 0 Å². The Labute approximate surface area is 107 Å². The van der Waals surface area contributed by atoms with E-state index >= 15 is 0 Å². The van der Waals surface area contributed by atoms with E-state index in [0.29, 0.717) is 25.3 Å². The molecule has 0 aliphatic carbocycles. The number of ether oxygens (including phenoxy) is 1. The summed E-state index contributed by atoms with van der Waals surface area (Å²) in [5.41, 5.74) is 5.55. The zero-order valence-corrected chi connectivity index (χ0v) is 10.7. The van der Waals surface area contributed by atoms with Gasteiger partial charge in [-0.3, -0.25) is 4.79 Å². The lowest BCUT2D eigenvalue weighted by atomic mass is 10.2. The molecular weight excluding hydrogens is 235 g/mol. The van der Waals surface area contributed by atoms with E-state index in [2.05, 4.69) is 0 Å². The van der Waals surface area contributed by atoms with E-state index in [1.165, 1.54) is 12.1 Å². The smallest absolute Gasteiger partial charge is 0.223 e. The second kappa shape index (κ2) is 6.96. The quantitative estimate of drug-likeness (QED) is 0.835. The highest BCUT2D eigenvalue weighted by Crippen LogP contribution is 2.10. The van der Waals surface area contributed by atoms with Crippen molar-refractivity contribution in [1.82, 2.24) is 4.90 Å². The molecule has 0 heterocycles. The van der Waals surface area contributed by atoms with Crippen LogP contribution in [0.4, 0.5) is 4.39 Å². The Morgan fingerprint density at radius 1 is 1.44 bits per heavy atom. The predicted molar refractivity (Wildman–Crippen MR) is 67.8 cm³/mol. The zero-order chi connectivity index (χ0) is 13.5. The predicted octanol–water partition coefficient (Wildman–Crippen LogP) is 1.40. The van der Waals surface area contributed by atoms with Crippen molar-refractivity contribution in [3.63, 3.8) is 0 Å². The summed E-state index contributed by atoms with van der Waals surface area (Å²) in [5.74, 6) is 0.281. The van der Waals surface area contributed by atoms with Gasteiger partial charge in [0.2, 0.25) is 5.91 Å². The molecule has 1 amide bonds. The van der Waals surface area contributed by atoms with Crippen LogP contribution < -0.4 is 10.5 Å². The Hall–Kier alpha value is -1.62. The van der Waals surface area contributed by atoms with Crippen LogP contribution in [0.15, 0.2) is 24.3 Å². The van der Waals surface area contributed by atoms with Gasteiger partial charge in [-0.25, -0.2) is 4.39 Å². The van der Waals surface area contributed by atoms with Crippen LogP contribution in [0, 0.1) is 5.82 Å². The van der Waals surface area contributed by atoms with Gasteiger partial charge in [0.1, 0.15) is 18.2 Å². The summed E-state index contributed by atoms with van der Waals surface area (Å²) >= 11 is 0. The van der Waals surface area contributed by atoms with Gasteiger partial charge in [-0.05, 0) is 31.2 Å². The van der Waals surface area contributed by atoms with Crippen LogP contribution in [-0.2, 0) is 4.79 Å². The summed E-state index contributed by atoms with van der Waals surface area (Å²) in [5, 5.41) is 0. The Morgan fingerprint density at radius 3 is 2.61 bits per heavy atom. The van der Waals surface area contributed by atoms with Crippen LogP contribution in [0.2, 0.25) is 0 Å². The third kappa shape index (κ3) is 5.14. The van der Waals surface area contributed by atoms with Gasteiger partial charge < -0.3 is 15.4 Å². The van der Waals surface area contributed by atoms with E-state index in [-0.39, 0.29) is 17.8 Å². The van der Waals surface area contributed by atoms with Gasteiger partial charge in [-0.15, -0.1) is 0 Å². The summed E-state index contributed by atoms with van der Waals surface area (Å²) < 4.78 is 18.0. The molecule has 0 saturated heterocycles. The van der Waals surface area contributed by atoms with Gasteiger partial charge >= 0.3 is 0 Å². The first-order valence-corrected chi connectivity index (χ1v) is 5.87. The molecule has 0 fully saturated rings. The first kappa shape index (κ1) is 14.4. The summed E-state index contributed by atoms with van der Waals surface area (Å²) in [6, 6.07) is 5.64. The molecule has 5 heteroatoms.